The molecule has 0 aromatic heterocycles. The smallest absolute Gasteiger partial charge is 0.0132 e. The average Bonchev–Trinajstić information content (AvgIpc) is 2.04. The first-order valence-corrected chi connectivity index (χ1v) is 4.78. The molecule has 0 bridgehead atoms. The quantitative estimate of drug-likeness (QED) is 0.460. The summed E-state index contributed by atoms with van der Waals surface area (Å²) in [7, 11) is 0. The lowest BCUT2D eigenvalue weighted by atomic mass is 10.3. The highest BCUT2D eigenvalue weighted by Gasteiger charge is 2.04. The third-order valence-corrected chi connectivity index (χ3v) is 2.00. The monoisotopic (exact) mass is 170 g/mol. The summed E-state index contributed by atoms with van der Waals surface area (Å²) >= 11 is 0. The predicted molar refractivity (Wildman–Crippen MR) is 55.4 cm³/mol. The Morgan fingerprint density at radius 3 is 2.58 bits per heavy atom. The molecule has 2 nitrogen and oxygen atoms in total. The van der Waals surface area contributed by atoms with E-state index in [-0.39, 0.29) is 0 Å². The van der Waals surface area contributed by atoms with E-state index in [9.17, 15) is 0 Å². The van der Waals surface area contributed by atoms with Gasteiger partial charge in [0.2, 0.25) is 0 Å². The Labute approximate surface area is 76.6 Å². The molecule has 0 aliphatic heterocycles. The Morgan fingerprint density at radius 1 is 1.50 bits per heavy atom. The first-order chi connectivity index (χ1) is 5.72. The summed E-state index contributed by atoms with van der Waals surface area (Å²) < 4.78 is 0. The van der Waals surface area contributed by atoms with Gasteiger partial charge in [-0.15, -0.1) is 6.58 Å². The fourth-order valence-corrected chi connectivity index (χ4v) is 1.21. The molecule has 0 rings (SSSR count). The lowest BCUT2D eigenvalue weighted by Gasteiger charge is -2.24. The molecule has 2 heteroatoms. The molecule has 0 atom stereocenters. The first-order valence-electron chi connectivity index (χ1n) is 4.78. The number of nitrogens with zero attached hydrogens (tertiary/aromatic N) is 1. The molecule has 0 unspecified atom stereocenters. The number of hydrogen-bond acceptors (Lipinski definition) is 2. The van der Waals surface area contributed by atoms with Crippen LogP contribution in [0.1, 0.15) is 20.8 Å². The summed E-state index contributed by atoms with van der Waals surface area (Å²) in [5, 5.41) is 3.30. The van der Waals surface area contributed by atoms with Gasteiger partial charge in [0.1, 0.15) is 0 Å². The van der Waals surface area contributed by atoms with E-state index < -0.39 is 0 Å². The van der Waals surface area contributed by atoms with Crippen LogP contribution in [-0.2, 0) is 0 Å². The van der Waals surface area contributed by atoms with Crippen LogP contribution in [0.5, 0.6) is 0 Å². The van der Waals surface area contributed by atoms with Crippen LogP contribution >= 0.6 is 0 Å². The predicted octanol–water partition coefficient (Wildman–Crippen LogP) is 1.49. The Morgan fingerprint density at radius 2 is 2.17 bits per heavy atom. The third kappa shape index (κ3) is 5.33. The number of likely N-dealkylation sites (N-methyl/N-ethyl adjacent to an activating group) is 1. The van der Waals surface area contributed by atoms with Gasteiger partial charge < -0.3 is 5.32 Å². The van der Waals surface area contributed by atoms with Crippen molar-refractivity contribution in [2.24, 2.45) is 0 Å². The number of hydrogen-bond donors (Lipinski definition) is 1. The molecule has 0 saturated carbocycles. The first kappa shape index (κ1) is 11.7. The second kappa shape index (κ2) is 7.32. The van der Waals surface area contributed by atoms with Crippen LogP contribution in [0.2, 0.25) is 0 Å². The van der Waals surface area contributed by atoms with Gasteiger partial charge in [-0.25, -0.2) is 0 Å². The fourth-order valence-electron chi connectivity index (χ4n) is 1.21. The third-order valence-electron chi connectivity index (χ3n) is 2.00. The van der Waals surface area contributed by atoms with Crippen molar-refractivity contribution < 1.29 is 0 Å². The number of nitrogens with one attached hydrogen (secondary N) is 1. The van der Waals surface area contributed by atoms with Crippen molar-refractivity contribution in [1.29, 1.82) is 0 Å². The van der Waals surface area contributed by atoms with Gasteiger partial charge >= 0.3 is 0 Å². The molecule has 0 aliphatic rings. The van der Waals surface area contributed by atoms with Crippen molar-refractivity contribution in [3.8, 4) is 0 Å². The van der Waals surface area contributed by atoms with Crippen LogP contribution < -0.4 is 5.32 Å². The average molecular weight is 170 g/mol. The molecule has 0 aliphatic carbocycles. The molecular weight excluding hydrogens is 148 g/mol. The highest BCUT2D eigenvalue weighted by molar-refractivity contribution is 4.70. The molecule has 1 N–H and O–H groups in total. The Hall–Kier alpha value is -0.340. The minimum Gasteiger partial charge on any atom is -0.312 e. The second-order valence-corrected chi connectivity index (χ2v) is 3.22. The van der Waals surface area contributed by atoms with E-state index in [2.05, 4.69) is 37.6 Å². The van der Waals surface area contributed by atoms with Crippen molar-refractivity contribution >= 4 is 0 Å². The fraction of sp³-hybridized carbons (Fsp3) is 0.800. The molecule has 0 radical (unpaired) electrons. The van der Waals surface area contributed by atoms with Gasteiger partial charge in [-0.2, -0.15) is 0 Å². The van der Waals surface area contributed by atoms with Crippen molar-refractivity contribution in [3.63, 3.8) is 0 Å². The Balaban J connectivity index is 3.38. The molecule has 0 aromatic rings. The highest BCUT2D eigenvalue weighted by Crippen LogP contribution is 1.94. The maximum atomic E-state index is 3.66. The lowest BCUT2D eigenvalue weighted by Crippen LogP contribution is -2.36. The maximum absolute atomic E-state index is 3.66. The van der Waals surface area contributed by atoms with Crippen LogP contribution in [-0.4, -0.2) is 37.1 Å². The van der Waals surface area contributed by atoms with Gasteiger partial charge in [-0.1, -0.05) is 13.0 Å². The SMILES string of the molecule is C=CCNCCN(CC)C(C)C. The molecule has 0 amide bonds. The van der Waals surface area contributed by atoms with Gasteiger partial charge in [0.05, 0.1) is 0 Å². The summed E-state index contributed by atoms with van der Waals surface area (Å²) in [6.45, 7) is 14.5. The lowest BCUT2D eigenvalue weighted by molar-refractivity contribution is 0.235. The molecule has 12 heavy (non-hydrogen) atoms. The summed E-state index contributed by atoms with van der Waals surface area (Å²) in [6.07, 6.45) is 1.89. The minimum absolute atomic E-state index is 0.653. The summed E-state index contributed by atoms with van der Waals surface area (Å²) in [5.74, 6) is 0. The van der Waals surface area contributed by atoms with Crippen LogP contribution in [0, 0.1) is 0 Å². The molecule has 0 spiro atoms. The zero-order valence-electron chi connectivity index (χ0n) is 8.64. The zero-order valence-corrected chi connectivity index (χ0v) is 8.64. The van der Waals surface area contributed by atoms with Crippen molar-refractivity contribution in [1.82, 2.24) is 10.2 Å². The molecule has 0 aromatic carbocycles. The summed E-state index contributed by atoms with van der Waals surface area (Å²) in [6, 6.07) is 0.653. The molecule has 72 valence electrons. The van der Waals surface area contributed by atoms with Gasteiger partial charge in [-0.05, 0) is 20.4 Å². The van der Waals surface area contributed by atoms with E-state index in [1.807, 2.05) is 6.08 Å². The van der Waals surface area contributed by atoms with Crippen molar-refractivity contribution in [2.45, 2.75) is 26.8 Å². The van der Waals surface area contributed by atoms with E-state index in [1.54, 1.807) is 0 Å². The van der Waals surface area contributed by atoms with E-state index in [4.69, 9.17) is 0 Å². The van der Waals surface area contributed by atoms with Gasteiger partial charge in [0.15, 0.2) is 0 Å². The van der Waals surface area contributed by atoms with Crippen LogP contribution in [0.25, 0.3) is 0 Å². The molecule has 0 heterocycles. The largest absolute Gasteiger partial charge is 0.312 e. The minimum atomic E-state index is 0.653. The van der Waals surface area contributed by atoms with E-state index in [1.165, 1.54) is 0 Å². The zero-order chi connectivity index (χ0) is 9.40. The Kier molecular flexibility index (Phi) is 7.11. The van der Waals surface area contributed by atoms with Crippen molar-refractivity contribution in [2.75, 3.05) is 26.2 Å². The molecular formula is C10H22N2. The van der Waals surface area contributed by atoms with E-state index in [0.29, 0.717) is 6.04 Å². The van der Waals surface area contributed by atoms with Crippen LogP contribution in [0.4, 0.5) is 0 Å². The van der Waals surface area contributed by atoms with Crippen LogP contribution in [0.3, 0.4) is 0 Å². The molecule has 0 fully saturated rings. The van der Waals surface area contributed by atoms with Gasteiger partial charge in [0, 0.05) is 25.7 Å². The van der Waals surface area contributed by atoms with E-state index in [0.717, 1.165) is 26.2 Å². The number of rotatable bonds is 7. The topological polar surface area (TPSA) is 15.3 Å². The molecule has 0 saturated heterocycles. The standard InChI is InChI=1S/C10H22N2/c1-5-7-11-8-9-12(6-2)10(3)4/h5,10-11H,1,6-9H2,2-4H3. The second-order valence-electron chi connectivity index (χ2n) is 3.22. The van der Waals surface area contributed by atoms with Gasteiger partial charge in [-0.3, -0.25) is 4.90 Å². The normalized spacial score (nSPS) is 11.1. The van der Waals surface area contributed by atoms with E-state index >= 15 is 0 Å². The van der Waals surface area contributed by atoms with Crippen LogP contribution in [0.15, 0.2) is 12.7 Å². The summed E-state index contributed by atoms with van der Waals surface area (Å²) in [5.41, 5.74) is 0. The van der Waals surface area contributed by atoms with Gasteiger partial charge in [0.25, 0.3) is 0 Å². The summed E-state index contributed by atoms with van der Waals surface area (Å²) in [4.78, 5) is 2.44. The maximum Gasteiger partial charge on any atom is 0.0132 e. The van der Waals surface area contributed by atoms with Crippen molar-refractivity contribution in [3.05, 3.63) is 12.7 Å². The Bertz CT molecular complexity index is 110. The highest BCUT2D eigenvalue weighted by atomic mass is 15.2.